The van der Waals surface area contributed by atoms with Crippen LogP contribution < -0.4 is 4.74 Å². The summed E-state index contributed by atoms with van der Waals surface area (Å²) < 4.78 is 9.91. The smallest absolute Gasteiger partial charge is 0.352 e. The van der Waals surface area contributed by atoms with Crippen LogP contribution in [-0.2, 0) is 9.53 Å². The Morgan fingerprint density at radius 1 is 1.50 bits per heavy atom. The van der Waals surface area contributed by atoms with E-state index in [0.717, 1.165) is 5.69 Å². The highest BCUT2D eigenvalue weighted by molar-refractivity contribution is 5.95. The fraction of sp³-hybridized carbons (Fsp3) is 0.200. The quantitative estimate of drug-likeness (QED) is 0.629. The van der Waals surface area contributed by atoms with E-state index in [4.69, 9.17) is 4.74 Å². The third kappa shape index (κ3) is 1.46. The molecule has 0 bridgehead atoms. The minimum Gasteiger partial charge on any atom is -0.471 e. The van der Waals surface area contributed by atoms with Crippen molar-refractivity contribution < 1.29 is 14.3 Å². The number of ether oxygens (including phenoxy) is 2. The van der Waals surface area contributed by atoms with Gasteiger partial charge in [-0.05, 0) is 12.1 Å². The summed E-state index contributed by atoms with van der Waals surface area (Å²) in [5.74, 6) is 0.161. The van der Waals surface area contributed by atoms with Gasteiger partial charge in [-0.3, -0.25) is 4.99 Å². The maximum Gasteiger partial charge on any atom is 0.352 e. The predicted octanol–water partition coefficient (Wildman–Crippen LogP) is 1.32. The average molecular weight is 191 g/mol. The lowest BCUT2D eigenvalue weighted by atomic mass is 10.2. The minimum absolute atomic E-state index is 0.441. The van der Waals surface area contributed by atoms with Gasteiger partial charge in [-0.25, -0.2) is 4.79 Å². The molecule has 14 heavy (non-hydrogen) atoms. The molecule has 0 spiro atoms. The molecule has 2 rings (SSSR count). The third-order valence-corrected chi connectivity index (χ3v) is 1.90. The first-order chi connectivity index (χ1) is 6.81. The number of hydrogen-bond donors (Lipinski definition) is 0. The summed E-state index contributed by atoms with van der Waals surface area (Å²) in [7, 11) is 1.32. The van der Waals surface area contributed by atoms with Crippen molar-refractivity contribution in [3.05, 3.63) is 24.3 Å². The Kier molecular flexibility index (Phi) is 2.18. The summed E-state index contributed by atoms with van der Waals surface area (Å²) >= 11 is 0. The van der Waals surface area contributed by atoms with Crippen LogP contribution >= 0.6 is 0 Å². The van der Waals surface area contributed by atoms with Crippen molar-refractivity contribution in [1.29, 1.82) is 0 Å². The topological polar surface area (TPSA) is 47.9 Å². The summed E-state index contributed by atoms with van der Waals surface area (Å²) in [4.78, 5) is 15.2. The van der Waals surface area contributed by atoms with Gasteiger partial charge in [0.15, 0.2) is 0 Å². The molecule has 1 aromatic carbocycles. The molecular formula is C10H9NO3. The van der Waals surface area contributed by atoms with Crippen molar-refractivity contribution in [2.24, 2.45) is 4.99 Å². The van der Waals surface area contributed by atoms with E-state index in [0.29, 0.717) is 5.75 Å². The van der Waals surface area contributed by atoms with Crippen molar-refractivity contribution >= 4 is 17.9 Å². The van der Waals surface area contributed by atoms with Crippen LogP contribution in [-0.4, -0.2) is 25.4 Å². The number of nitrogens with zero attached hydrogens (tertiary/aromatic N) is 1. The van der Waals surface area contributed by atoms with Crippen molar-refractivity contribution in [1.82, 2.24) is 0 Å². The summed E-state index contributed by atoms with van der Waals surface area (Å²) in [6.45, 7) is 0. The number of hydrogen-bond acceptors (Lipinski definition) is 4. The van der Waals surface area contributed by atoms with Crippen LogP contribution in [0.3, 0.4) is 0 Å². The number of para-hydroxylation sites is 2. The number of methoxy groups -OCH3 is 1. The Labute approximate surface area is 81.2 Å². The summed E-state index contributed by atoms with van der Waals surface area (Å²) in [5.41, 5.74) is 0.729. The molecule has 1 aliphatic heterocycles. The third-order valence-electron chi connectivity index (χ3n) is 1.90. The highest BCUT2D eigenvalue weighted by atomic mass is 16.6. The molecule has 4 nitrogen and oxygen atoms in total. The second-order valence-electron chi connectivity index (χ2n) is 2.81. The van der Waals surface area contributed by atoms with Crippen molar-refractivity contribution in [2.75, 3.05) is 7.11 Å². The number of fused-ring (bicyclic) bond motifs is 1. The molecule has 0 saturated carbocycles. The molecule has 1 aliphatic rings. The molecule has 0 N–H and O–H groups in total. The Hall–Kier alpha value is -1.84. The highest BCUT2D eigenvalue weighted by Crippen LogP contribution is 2.30. The van der Waals surface area contributed by atoms with Gasteiger partial charge >= 0.3 is 5.97 Å². The second kappa shape index (κ2) is 3.49. The van der Waals surface area contributed by atoms with E-state index < -0.39 is 12.1 Å². The molecule has 0 aliphatic carbocycles. The number of rotatable bonds is 1. The Morgan fingerprint density at radius 2 is 2.29 bits per heavy atom. The number of aliphatic imine (C=N–C) groups is 1. The van der Waals surface area contributed by atoms with Crippen LogP contribution in [0.4, 0.5) is 5.69 Å². The van der Waals surface area contributed by atoms with Gasteiger partial charge in [0.25, 0.3) is 0 Å². The molecule has 0 saturated heterocycles. The van der Waals surface area contributed by atoms with Crippen molar-refractivity contribution in [3.8, 4) is 5.75 Å². The number of carbonyl (C=O) groups is 1. The van der Waals surface area contributed by atoms with Crippen LogP contribution in [0.25, 0.3) is 0 Å². The molecular weight excluding hydrogens is 182 g/mol. The fourth-order valence-electron chi connectivity index (χ4n) is 1.20. The predicted molar refractivity (Wildman–Crippen MR) is 51.0 cm³/mol. The van der Waals surface area contributed by atoms with E-state index in [1.165, 1.54) is 13.3 Å². The first-order valence-electron chi connectivity index (χ1n) is 4.19. The lowest BCUT2D eigenvalue weighted by molar-refractivity contribution is -0.145. The maximum absolute atomic E-state index is 11.1. The Balaban J connectivity index is 2.25. The summed E-state index contributed by atoms with van der Waals surface area (Å²) in [6, 6.07) is 7.27. The molecule has 0 fully saturated rings. The van der Waals surface area contributed by atoms with Crippen LogP contribution in [0.2, 0.25) is 0 Å². The molecule has 0 radical (unpaired) electrons. The van der Waals surface area contributed by atoms with E-state index in [1.807, 2.05) is 18.2 Å². The zero-order chi connectivity index (χ0) is 9.97. The molecule has 1 aromatic rings. The van der Waals surface area contributed by atoms with Crippen molar-refractivity contribution in [3.63, 3.8) is 0 Å². The first kappa shape index (κ1) is 8.74. The lowest BCUT2D eigenvalue weighted by Crippen LogP contribution is -2.31. The van der Waals surface area contributed by atoms with Gasteiger partial charge in [0.05, 0.1) is 13.3 Å². The van der Waals surface area contributed by atoms with E-state index >= 15 is 0 Å². The van der Waals surface area contributed by atoms with E-state index in [-0.39, 0.29) is 0 Å². The van der Waals surface area contributed by atoms with Crippen LogP contribution in [0, 0.1) is 0 Å². The van der Waals surface area contributed by atoms with Gasteiger partial charge in [-0.15, -0.1) is 0 Å². The molecule has 0 amide bonds. The zero-order valence-corrected chi connectivity index (χ0v) is 7.64. The summed E-state index contributed by atoms with van der Waals surface area (Å²) in [6.07, 6.45) is 0.712. The normalized spacial score (nSPS) is 18.2. The fourth-order valence-corrected chi connectivity index (χ4v) is 1.20. The van der Waals surface area contributed by atoms with Gasteiger partial charge in [-0.2, -0.15) is 0 Å². The molecule has 1 unspecified atom stereocenters. The monoisotopic (exact) mass is 191 g/mol. The van der Waals surface area contributed by atoms with Gasteiger partial charge in [0.1, 0.15) is 11.4 Å². The SMILES string of the molecule is COC(=O)C1C=Nc2ccccc2O1. The largest absolute Gasteiger partial charge is 0.471 e. The van der Waals surface area contributed by atoms with Gasteiger partial charge < -0.3 is 9.47 Å². The van der Waals surface area contributed by atoms with Gasteiger partial charge in [-0.1, -0.05) is 12.1 Å². The molecule has 72 valence electrons. The van der Waals surface area contributed by atoms with Gasteiger partial charge in [0.2, 0.25) is 6.10 Å². The number of carbonyl (C=O) groups excluding carboxylic acids is 1. The lowest BCUT2D eigenvalue weighted by Gasteiger charge is -2.17. The van der Waals surface area contributed by atoms with Crippen molar-refractivity contribution in [2.45, 2.75) is 6.10 Å². The van der Waals surface area contributed by atoms with Crippen LogP contribution in [0.5, 0.6) is 5.75 Å². The Bertz CT molecular complexity index is 387. The van der Waals surface area contributed by atoms with Crippen LogP contribution in [0.15, 0.2) is 29.3 Å². The van der Waals surface area contributed by atoms with E-state index in [2.05, 4.69) is 9.73 Å². The van der Waals surface area contributed by atoms with Gasteiger partial charge in [0, 0.05) is 0 Å². The van der Waals surface area contributed by atoms with E-state index in [9.17, 15) is 4.79 Å². The maximum atomic E-state index is 11.1. The zero-order valence-electron chi connectivity index (χ0n) is 7.64. The number of benzene rings is 1. The Morgan fingerprint density at radius 3 is 3.07 bits per heavy atom. The molecule has 1 heterocycles. The average Bonchev–Trinajstić information content (AvgIpc) is 2.27. The van der Waals surface area contributed by atoms with Crippen LogP contribution in [0.1, 0.15) is 0 Å². The molecule has 4 heteroatoms. The highest BCUT2D eigenvalue weighted by Gasteiger charge is 2.23. The second-order valence-corrected chi connectivity index (χ2v) is 2.81. The number of esters is 1. The minimum atomic E-state index is -0.727. The van der Waals surface area contributed by atoms with E-state index in [1.54, 1.807) is 6.07 Å². The molecule has 1 atom stereocenters. The first-order valence-corrected chi connectivity index (χ1v) is 4.19. The molecule has 0 aromatic heterocycles. The standard InChI is InChI=1S/C10H9NO3/c1-13-10(12)9-6-11-7-4-2-3-5-8(7)14-9/h2-6,9H,1H3. The summed E-state index contributed by atoms with van der Waals surface area (Å²) in [5, 5.41) is 0.